The summed E-state index contributed by atoms with van der Waals surface area (Å²) in [6, 6.07) is 7.34. The smallest absolute Gasteiger partial charge is 0.359 e. The molecule has 132 valence electrons. The minimum Gasteiger partial charge on any atom is -0.461 e. The number of fused-ring (bicyclic) bond motifs is 1. The van der Waals surface area contributed by atoms with Crippen molar-refractivity contribution in [3.63, 3.8) is 0 Å². The van der Waals surface area contributed by atoms with Gasteiger partial charge in [-0.05, 0) is 43.4 Å². The number of quaternary nitrogens is 1. The van der Waals surface area contributed by atoms with E-state index in [1.54, 1.807) is 23.7 Å². The summed E-state index contributed by atoms with van der Waals surface area (Å²) in [5.74, 6) is 3.18. The van der Waals surface area contributed by atoms with E-state index < -0.39 is 5.97 Å². The van der Waals surface area contributed by atoms with E-state index in [1.807, 2.05) is 17.0 Å². The van der Waals surface area contributed by atoms with Crippen molar-refractivity contribution in [2.24, 2.45) is 0 Å². The standard InChI is InChI=1S/C16H18ClN5O2S/c1-2-24-15(23)14-12-9-21(16(25)19-18)8-7-13(12)22(20-14)11-5-3-10(17)4-6-11/h3-6H,2,7-9,18H2,1H3,(H,19,25)/p+1. The molecule has 3 rings (SSSR count). The lowest BCUT2D eigenvalue weighted by Crippen LogP contribution is -2.69. The number of rotatable bonds is 3. The summed E-state index contributed by atoms with van der Waals surface area (Å²) < 4.78 is 6.96. The van der Waals surface area contributed by atoms with E-state index in [0.717, 1.165) is 23.5 Å². The number of carbonyl (C=O) groups excluding carboxylic acids is 1. The highest BCUT2D eigenvalue weighted by Gasteiger charge is 2.30. The molecular weight excluding hydrogens is 362 g/mol. The lowest BCUT2D eigenvalue weighted by atomic mass is 10.1. The molecular formula is C16H19ClN5O2S+. The van der Waals surface area contributed by atoms with Crippen LogP contribution in [0.2, 0.25) is 5.02 Å². The summed E-state index contributed by atoms with van der Waals surface area (Å²) in [7, 11) is 0. The van der Waals surface area contributed by atoms with E-state index in [0.29, 0.717) is 35.4 Å². The number of hydrogen-bond acceptors (Lipinski definition) is 4. The van der Waals surface area contributed by atoms with Gasteiger partial charge in [-0.15, -0.1) is 0 Å². The first-order valence-corrected chi connectivity index (χ1v) is 8.69. The Balaban J connectivity index is 2.05. The van der Waals surface area contributed by atoms with E-state index in [2.05, 4.69) is 16.4 Å². The molecule has 1 aromatic carbocycles. The van der Waals surface area contributed by atoms with Crippen LogP contribution < -0.4 is 11.3 Å². The predicted molar refractivity (Wildman–Crippen MR) is 97.3 cm³/mol. The highest BCUT2D eigenvalue weighted by atomic mass is 35.5. The maximum atomic E-state index is 12.4. The van der Waals surface area contributed by atoms with E-state index in [9.17, 15) is 4.79 Å². The van der Waals surface area contributed by atoms with E-state index in [1.165, 1.54) is 0 Å². The molecule has 0 aliphatic carbocycles. The monoisotopic (exact) mass is 380 g/mol. The second-order valence-electron chi connectivity index (χ2n) is 5.54. The Morgan fingerprint density at radius 3 is 2.80 bits per heavy atom. The zero-order chi connectivity index (χ0) is 18.0. The molecule has 2 aromatic rings. The SMILES string of the molecule is CCOC(=O)c1nn(-c2ccc(Cl)cc2)c2c1CN(C(=S)N[NH3+])CC2. The maximum Gasteiger partial charge on any atom is 0.359 e. The molecule has 0 saturated carbocycles. The van der Waals surface area contributed by atoms with Crippen molar-refractivity contribution in [3.8, 4) is 5.69 Å². The third kappa shape index (κ3) is 3.46. The quantitative estimate of drug-likeness (QED) is 0.471. The van der Waals surface area contributed by atoms with Gasteiger partial charge in [0.25, 0.3) is 0 Å². The molecule has 0 saturated heterocycles. The molecule has 0 fully saturated rings. The molecule has 1 aromatic heterocycles. The average molecular weight is 381 g/mol. The van der Waals surface area contributed by atoms with Gasteiger partial charge in [-0.3, -0.25) is 5.84 Å². The topological polar surface area (TPSA) is 87.0 Å². The van der Waals surface area contributed by atoms with E-state index in [4.69, 9.17) is 28.6 Å². The second kappa shape index (κ2) is 7.38. The first-order valence-electron chi connectivity index (χ1n) is 7.91. The number of carbonyl (C=O) groups is 1. The largest absolute Gasteiger partial charge is 0.461 e. The van der Waals surface area contributed by atoms with Crippen molar-refractivity contribution in [1.82, 2.24) is 20.1 Å². The number of aromatic nitrogens is 2. The van der Waals surface area contributed by atoms with E-state index in [-0.39, 0.29) is 0 Å². The number of esters is 1. The Hall–Kier alpha value is -2.16. The molecule has 25 heavy (non-hydrogen) atoms. The van der Waals surface area contributed by atoms with Crippen molar-refractivity contribution >= 4 is 34.9 Å². The number of nitrogens with one attached hydrogen (secondary N) is 1. The fourth-order valence-corrected chi connectivity index (χ4v) is 3.15. The summed E-state index contributed by atoms with van der Waals surface area (Å²) in [4.78, 5) is 14.3. The Labute approximate surface area is 155 Å². The van der Waals surface area contributed by atoms with Crippen LogP contribution in [0.5, 0.6) is 0 Å². The molecule has 1 aliphatic heterocycles. The van der Waals surface area contributed by atoms with Gasteiger partial charge in [0.05, 0.1) is 18.0 Å². The fourth-order valence-electron chi connectivity index (χ4n) is 2.86. The van der Waals surface area contributed by atoms with Gasteiger partial charge in [0.15, 0.2) is 5.69 Å². The predicted octanol–water partition coefficient (Wildman–Crippen LogP) is 1.09. The van der Waals surface area contributed by atoms with E-state index >= 15 is 0 Å². The van der Waals surface area contributed by atoms with Gasteiger partial charge in [0.2, 0.25) is 5.11 Å². The molecule has 0 unspecified atom stereocenters. The summed E-state index contributed by atoms with van der Waals surface area (Å²) in [6.45, 7) is 3.27. The first kappa shape index (κ1) is 17.7. The van der Waals surface area contributed by atoms with Gasteiger partial charge in [-0.1, -0.05) is 11.6 Å². The van der Waals surface area contributed by atoms with Crippen molar-refractivity contribution in [1.29, 1.82) is 0 Å². The van der Waals surface area contributed by atoms with Crippen LogP contribution in [-0.4, -0.2) is 38.9 Å². The minimum atomic E-state index is -0.429. The highest BCUT2D eigenvalue weighted by molar-refractivity contribution is 7.80. The molecule has 2 heterocycles. The molecule has 7 nitrogen and oxygen atoms in total. The average Bonchev–Trinajstić information content (AvgIpc) is 3.01. The molecule has 0 spiro atoms. The molecule has 4 N–H and O–H groups in total. The second-order valence-corrected chi connectivity index (χ2v) is 6.36. The number of halogens is 1. The molecule has 9 heteroatoms. The molecule has 0 bridgehead atoms. The number of hydrogen-bond donors (Lipinski definition) is 2. The lowest BCUT2D eigenvalue weighted by Gasteiger charge is -2.28. The van der Waals surface area contributed by atoms with Gasteiger partial charge >= 0.3 is 5.97 Å². The molecule has 0 amide bonds. The van der Waals surface area contributed by atoms with Crippen LogP contribution >= 0.6 is 23.8 Å². The summed E-state index contributed by atoms with van der Waals surface area (Å²) >= 11 is 11.2. The fraction of sp³-hybridized carbons (Fsp3) is 0.312. The van der Waals surface area contributed by atoms with Gasteiger partial charge in [0.1, 0.15) is 0 Å². The van der Waals surface area contributed by atoms with Crippen LogP contribution in [0.4, 0.5) is 0 Å². The van der Waals surface area contributed by atoms with Gasteiger partial charge in [0, 0.05) is 30.1 Å². The summed E-state index contributed by atoms with van der Waals surface area (Å²) in [5, 5.41) is 5.71. The molecule has 0 radical (unpaired) electrons. The summed E-state index contributed by atoms with van der Waals surface area (Å²) in [5.41, 5.74) is 5.72. The number of nitrogens with zero attached hydrogens (tertiary/aromatic N) is 3. The van der Waals surface area contributed by atoms with Crippen molar-refractivity contribution in [3.05, 3.63) is 46.2 Å². The van der Waals surface area contributed by atoms with Gasteiger partial charge in [-0.2, -0.15) is 5.10 Å². The Kier molecular flexibility index (Phi) is 5.22. The molecule has 0 atom stereocenters. The van der Waals surface area contributed by atoms with Crippen LogP contribution in [0.1, 0.15) is 28.7 Å². The van der Waals surface area contributed by atoms with Crippen molar-refractivity contribution in [2.75, 3.05) is 13.2 Å². The van der Waals surface area contributed by atoms with Crippen molar-refractivity contribution < 1.29 is 15.4 Å². The Morgan fingerprint density at radius 1 is 1.44 bits per heavy atom. The van der Waals surface area contributed by atoms with Crippen LogP contribution in [0.15, 0.2) is 24.3 Å². The first-order chi connectivity index (χ1) is 12.0. The lowest BCUT2D eigenvalue weighted by molar-refractivity contribution is -0.420. The van der Waals surface area contributed by atoms with Crippen LogP contribution in [0.25, 0.3) is 5.69 Å². The normalized spacial score (nSPS) is 13.3. The van der Waals surface area contributed by atoms with Crippen LogP contribution in [0, 0.1) is 0 Å². The summed E-state index contributed by atoms with van der Waals surface area (Å²) in [6.07, 6.45) is 0.701. The van der Waals surface area contributed by atoms with Crippen molar-refractivity contribution in [2.45, 2.75) is 19.9 Å². The Morgan fingerprint density at radius 2 is 2.16 bits per heavy atom. The van der Waals surface area contributed by atoms with Crippen LogP contribution in [0.3, 0.4) is 0 Å². The number of benzene rings is 1. The maximum absolute atomic E-state index is 12.4. The van der Waals surface area contributed by atoms with Gasteiger partial charge < -0.3 is 9.64 Å². The zero-order valence-electron chi connectivity index (χ0n) is 13.8. The minimum absolute atomic E-state index is 0.296. The van der Waals surface area contributed by atoms with Crippen LogP contribution in [-0.2, 0) is 17.7 Å². The zero-order valence-corrected chi connectivity index (χ0v) is 15.4. The highest BCUT2D eigenvalue weighted by Crippen LogP contribution is 2.26. The number of thiocarbonyl (C=S) groups is 1. The number of ether oxygens (including phenoxy) is 1. The van der Waals surface area contributed by atoms with Gasteiger partial charge in [-0.25, -0.2) is 14.9 Å². The third-order valence-electron chi connectivity index (χ3n) is 4.04. The Bertz CT molecular complexity index is 806. The molecule has 1 aliphatic rings. The third-order valence-corrected chi connectivity index (χ3v) is 4.69.